The number of phenols is 1. The van der Waals surface area contributed by atoms with Crippen LogP contribution in [0.25, 0.3) is 33.2 Å². The van der Waals surface area contributed by atoms with Crippen LogP contribution in [0.3, 0.4) is 0 Å². The lowest BCUT2D eigenvalue weighted by Gasteiger charge is -2.17. The molecule has 1 aliphatic heterocycles. The minimum absolute atomic E-state index is 0.106. The minimum Gasteiger partial charge on any atom is -0.508 e. The summed E-state index contributed by atoms with van der Waals surface area (Å²) in [5.41, 5.74) is 10.1. The molecule has 1 fully saturated rings. The first-order valence-electron chi connectivity index (χ1n) is 15.7. The van der Waals surface area contributed by atoms with Crippen LogP contribution in [-0.4, -0.2) is 58.3 Å². The predicted octanol–water partition coefficient (Wildman–Crippen LogP) is 5.19. The molecule has 3 aromatic carbocycles. The zero-order chi connectivity index (χ0) is 32.5. The highest BCUT2D eigenvalue weighted by atomic mass is 35.5. The lowest BCUT2D eigenvalue weighted by molar-refractivity contribution is -0.130. The second-order valence-corrected chi connectivity index (χ2v) is 12.2. The maximum atomic E-state index is 14.5. The summed E-state index contributed by atoms with van der Waals surface area (Å²) < 4.78 is 3.31. The first-order chi connectivity index (χ1) is 22.9. The van der Waals surface area contributed by atoms with Gasteiger partial charge in [0.15, 0.2) is 5.65 Å². The van der Waals surface area contributed by atoms with Gasteiger partial charge in [0.25, 0.3) is 5.56 Å². The Morgan fingerprint density at radius 3 is 2.47 bits per heavy atom. The summed E-state index contributed by atoms with van der Waals surface area (Å²) in [6, 6.07) is 19.7. The van der Waals surface area contributed by atoms with Gasteiger partial charge in [-0.2, -0.15) is 5.10 Å². The Hall–Kier alpha value is -5.29. The number of aromatic nitrogens is 6. The van der Waals surface area contributed by atoms with Gasteiger partial charge in [-0.25, -0.2) is 19.6 Å². The van der Waals surface area contributed by atoms with Gasteiger partial charge in [-0.15, -0.1) is 0 Å². The van der Waals surface area contributed by atoms with Crippen molar-refractivity contribution in [3.8, 4) is 17.0 Å². The average molecular weight is 649 g/mol. The summed E-state index contributed by atoms with van der Waals surface area (Å²) in [5, 5.41) is 16.3. The van der Waals surface area contributed by atoms with E-state index in [1.54, 1.807) is 39.6 Å². The van der Waals surface area contributed by atoms with E-state index < -0.39 is 0 Å². The highest BCUT2D eigenvalue weighted by Crippen LogP contribution is 2.31. The number of amides is 1. The third-order valence-corrected chi connectivity index (χ3v) is 9.09. The lowest BCUT2D eigenvalue weighted by Crippen LogP contribution is -2.28. The van der Waals surface area contributed by atoms with E-state index in [1.165, 1.54) is 6.33 Å². The summed E-state index contributed by atoms with van der Waals surface area (Å²) in [5.74, 6) is 1.02. The number of phenolic OH excluding ortho intramolecular Hbond substituents is 1. The number of carbonyl (C=O) groups is 1. The normalized spacial score (nSPS) is 13.2. The molecule has 0 aliphatic carbocycles. The Balaban J connectivity index is 1.31. The number of nitrogens with zero attached hydrogens (tertiary/aromatic N) is 7. The monoisotopic (exact) mass is 648 g/mol. The number of aromatic hydroxyl groups is 1. The Morgan fingerprint density at radius 2 is 1.68 bits per heavy atom. The lowest BCUT2D eigenvalue weighted by atomic mass is 10.0. The van der Waals surface area contributed by atoms with Crippen molar-refractivity contribution in [3.05, 3.63) is 105 Å². The second-order valence-electron chi connectivity index (χ2n) is 11.8. The molecule has 0 bridgehead atoms. The molecule has 0 unspecified atom stereocenters. The van der Waals surface area contributed by atoms with Gasteiger partial charge in [0.2, 0.25) is 5.91 Å². The Morgan fingerprint density at radius 1 is 0.915 bits per heavy atom. The molecule has 1 amide bonds. The molecule has 0 saturated carbocycles. The first-order valence-corrected chi connectivity index (χ1v) is 16.0. The number of fused-ring (bicyclic) bond motifs is 2. The van der Waals surface area contributed by atoms with E-state index >= 15 is 0 Å². The molecule has 12 heteroatoms. The van der Waals surface area contributed by atoms with Crippen molar-refractivity contribution in [2.45, 2.75) is 45.2 Å². The zero-order valence-corrected chi connectivity index (χ0v) is 26.4. The van der Waals surface area contributed by atoms with Gasteiger partial charge >= 0.3 is 0 Å². The number of hydrogen-bond donors (Lipinski definition) is 2. The van der Waals surface area contributed by atoms with Gasteiger partial charge in [-0.3, -0.25) is 14.2 Å². The molecule has 0 radical (unpaired) electrons. The summed E-state index contributed by atoms with van der Waals surface area (Å²) in [6.07, 6.45) is 5.15. The van der Waals surface area contributed by atoms with E-state index in [-0.39, 0.29) is 36.1 Å². The third kappa shape index (κ3) is 6.01. The van der Waals surface area contributed by atoms with Crippen molar-refractivity contribution < 1.29 is 9.90 Å². The molecule has 1 saturated heterocycles. The number of halogens is 1. The fourth-order valence-electron chi connectivity index (χ4n) is 6.32. The van der Waals surface area contributed by atoms with Gasteiger partial charge < -0.3 is 15.7 Å². The topological polar surface area (TPSA) is 145 Å². The number of nitrogens with two attached hydrogens (primary N) is 1. The number of carbonyl (C=O) groups excluding carboxylic acids is 1. The molecule has 3 N–H and O–H groups in total. The van der Waals surface area contributed by atoms with Crippen molar-refractivity contribution >= 4 is 45.3 Å². The van der Waals surface area contributed by atoms with E-state index in [0.717, 1.165) is 42.6 Å². The minimum atomic E-state index is -0.198. The maximum Gasteiger partial charge on any atom is 0.262 e. The first kappa shape index (κ1) is 30.4. The van der Waals surface area contributed by atoms with Crippen LogP contribution in [0.15, 0.2) is 77.9 Å². The van der Waals surface area contributed by atoms with E-state index in [1.807, 2.05) is 41.3 Å². The molecule has 0 atom stereocenters. The fourth-order valence-corrected chi connectivity index (χ4v) is 6.51. The van der Waals surface area contributed by atoms with Crippen LogP contribution >= 0.6 is 11.6 Å². The average Bonchev–Trinajstić information content (AvgIpc) is 3.74. The van der Waals surface area contributed by atoms with Crippen molar-refractivity contribution in [1.29, 1.82) is 0 Å². The molecule has 11 nitrogen and oxygen atoms in total. The number of nitrogen functional groups attached to an aromatic ring is 1. The number of benzene rings is 3. The quantitative estimate of drug-likeness (QED) is 0.218. The Labute approximate surface area is 275 Å². The van der Waals surface area contributed by atoms with Crippen LogP contribution in [-0.2, 0) is 24.3 Å². The third-order valence-electron chi connectivity index (χ3n) is 8.72. The fraction of sp³-hybridized carbons (Fsp3) is 0.257. The summed E-state index contributed by atoms with van der Waals surface area (Å²) in [4.78, 5) is 42.8. The maximum absolute atomic E-state index is 14.5. The number of aryl methyl sites for hydroxylation is 1. The highest BCUT2D eigenvalue weighted by Gasteiger charge is 2.22. The molecule has 1 aliphatic rings. The summed E-state index contributed by atoms with van der Waals surface area (Å²) >= 11 is 6.58. The van der Waals surface area contributed by atoms with Crippen LogP contribution in [0.1, 0.15) is 42.6 Å². The van der Waals surface area contributed by atoms with Gasteiger partial charge in [0.1, 0.15) is 36.0 Å². The van der Waals surface area contributed by atoms with E-state index in [4.69, 9.17) is 27.4 Å². The SMILES string of the molecule is Nc1ncnc2c1c(-c1ccc(O)cc1)nn2Cc1nc2cccc(CCCC(=O)N3CCCC3)c2c(=O)n1Cc1ccccc1Cl. The number of rotatable bonds is 9. The Kier molecular flexibility index (Phi) is 8.30. The van der Waals surface area contributed by atoms with Gasteiger partial charge in [-0.05, 0) is 73.2 Å². The van der Waals surface area contributed by atoms with Crippen LogP contribution in [0.4, 0.5) is 5.82 Å². The summed E-state index contributed by atoms with van der Waals surface area (Å²) in [6.45, 7) is 1.95. The summed E-state index contributed by atoms with van der Waals surface area (Å²) in [7, 11) is 0. The largest absolute Gasteiger partial charge is 0.508 e. The van der Waals surface area contributed by atoms with E-state index in [2.05, 4.69) is 9.97 Å². The number of anilines is 1. The van der Waals surface area contributed by atoms with Gasteiger partial charge in [0, 0.05) is 30.1 Å². The van der Waals surface area contributed by atoms with Crippen LogP contribution in [0.2, 0.25) is 5.02 Å². The zero-order valence-electron chi connectivity index (χ0n) is 25.6. The Bertz CT molecular complexity index is 2170. The highest BCUT2D eigenvalue weighted by molar-refractivity contribution is 6.31. The smallest absolute Gasteiger partial charge is 0.262 e. The number of likely N-dealkylation sites (tertiary alicyclic amines) is 1. The molecule has 7 rings (SSSR count). The van der Waals surface area contributed by atoms with Crippen molar-refractivity contribution in [1.82, 2.24) is 34.2 Å². The molecule has 3 aromatic heterocycles. The molecule has 6 aromatic rings. The molecule has 238 valence electrons. The van der Waals surface area contributed by atoms with Crippen LogP contribution in [0, 0.1) is 0 Å². The van der Waals surface area contributed by atoms with Crippen molar-refractivity contribution in [3.63, 3.8) is 0 Å². The van der Waals surface area contributed by atoms with Gasteiger partial charge in [0.05, 0.1) is 22.8 Å². The molecular weight excluding hydrogens is 616 g/mol. The van der Waals surface area contributed by atoms with Crippen molar-refractivity contribution in [2.24, 2.45) is 0 Å². The predicted molar refractivity (Wildman–Crippen MR) is 181 cm³/mol. The number of hydrogen-bond acceptors (Lipinski definition) is 8. The second kappa shape index (κ2) is 12.8. The molecule has 0 spiro atoms. The molecule has 4 heterocycles. The molecular formula is C35H33ClN8O3. The van der Waals surface area contributed by atoms with Crippen molar-refractivity contribution in [2.75, 3.05) is 18.8 Å². The molecule has 47 heavy (non-hydrogen) atoms. The van der Waals surface area contributed by atoms with E-state index in [9.17, 15) is 14.7 Å². The van der Waals surface area contributed by atoms with Crippen LogP contribution < -0.4 is 11.3 Å². The van der Waals surface area contributed by atoms with E-state index in [0.29, 0.717) is 57.7 Å². The van der Waals surface area contributed by atoms with Gasteiger partial charge in [-0.1, -0.05) is 41.9 Å². The van der Waals surface area contributed by atoms with Crippen LogP contribution in [0.5, 0.6) is 5.75 Å². The standard InChI is InChI=1S/C35H33ClN8O3/c36-26-10-2-1-7-24(26)19-43-28(20-44-34-31(33(37)38-21-39-34)32(41-44)23-13-15-25(45)16-14-23)40-27-11-5-8-22(30(27)35(43)47)9-6-12-29(46)42-17-3-4-18-42/h1-2,5,7-8,10-11,13-16,21,45H,3-4,6,9,12,17-20H2,(H2,37,38,39).